The molecule has 1 N–H and O–H groups in total. The summed E-state index contributed by atoms with van der Waals surface area (Å²) in [6.45, 7) is 2.27. The Labute approximate surface area is 127 Å². The van der Waals surface area contributed by atoms with Crippen LogP contribution >= 0.6 is 11.8 Å². The van der Waals surface area contributed by atoms with Crippen LogP contribution in [-0.2, 0) is 4.79 Å². The number of thioether (sulfide) groups is 1. The number of aryl methyl sites for hydroxylation is 1. The van der Waals surface area contributed by atoms with E-state index in [0.717, 1.165) is 4.90 Å². The molecule has 0 aromatic heterocycles. The first-order chi connectivity index (χ1) is 10.2. The summed E-state index contributed by atoms with van der Waals surface area (Å²) in [6, 6.07) is 13.5. The van der Waals surface area contributed by atoms with Crippen molar-refractivity contribution >= 4 is 23.4 Å². The molecule has 0 atom stereocenters. The van der Waals surface area contributed by atoms with Gasteiger partial charge < -0.3 is 14.8 Å². The summed E-state index contributed by atoms with van der Waals surface area (Å²) in [5.41, 5.74) is 1.93. The van der Waals surface area contributed by atoms with Crippen molar-refractivity contribution in [2.75, 3.05) is 17.9 Å². The zero-order valence-corrected chi connectivity index (χ0v) is 12.4. The summed E-state index contributed by atoms with van der Waals surface area (Å²) < 4.78 is 10.5. The SMILES string of the molecule is Cc1ccc(SCC(=O)Nc2ccc3c(c2)OCO3)cc1. The van der Waals surface area contributed by atoms with Crippen molar-refractivity contribution in [3.05, 3.63) is 48.0 Å². The number of carbonyl (C=O) groups is 1. The fraction of sp³-hybridized carbons (Fsp3) is 0.188. The second-order valence-electron chi connectivity index (χ2n) is 4.72. The van der Waals surface area contributed by atoms with Crippen LogP contribution < -0.4 is 14.8 Å². The molecule has 0 bridgehead atoms. The van der Waals surface area contributed by atoms with Crippen LogP contribution in [-0.4, -0.2) is 18.5 Å². The molecule has 1 aliphatic rings. The van der Waals surface area contributed by atoms with Gasteiger partial charge in [-0.15, -0.1) is 11.8 Å². The van der Waals surface area contributed by atoms with Gasteiger partial charge in [-0.25, -0.2) is 0 Å². The average Bonchev–Trinajstić information content (AvgIpc) is 2.94. The molecule has 3 rings (SSSR count). The Hall–Kier alpha value is -2.14. The molecule has 0 spiro atoms. The molecule has 1 aliphatic heterocycles. The molecule has 0 radical (unpaired) electrons. The van der Waals surface area contributed by atoms with E-state index in [1.807, 2.05) is 37.3 Å². The second kappa shape index (κ2) is 6.10. The van der Waals surface area contributed by atoms with Crippen LogP contribution in [0.2, 0.25) is 0 Å². The number of anilines is 1. The summed E-state index contributed by atoms with van der Waals surface area (Å²) in [5.74, 6) is 1.71. The van der Waals surface area contributed by atoms with Crippen LogP contribution in [0.3, 0.4) is 0 Å². The third kappa shape index (κ3) is 3.49. The molecule has 0 unspecified atom stereocenters. The summed E-state index contributed by atoms with van der Waals surface area (Å²) >= 11 is 1.51. The number of hydrogen-bond acceptors (Lipinski definition) is 4. The highest BCUT2D eigenvalue weighted by molar-refractivity contribution is 8.00. The minimum absolute atomic E-state index is 0.0422. The van der Waals surface area contributed by atoms with Gasteiger partial charge >= 0.3 is 0 Å². The topological polar surface area (TPSA) is 47.6 Å². The average molecular weight is 301 g/mol. The molecule has 0 saturated heterocycles. The highest BCUT2D eigenvalue weighted by Crippen LogP contribution is 2.34. The number of nitrogens with one attached hydrogen (secondary N) is 1. The molecule has 5 heteroatoms. The maximum absolute atomic E-state index is 11.9. The first kappa shape index (κ1) is 13.8. The lowest BCUT2D eigenvalue weighted by Crippen LogP contribution is -2.13. The molecule has 0 saturated carbocycles. The summed E-state index contributed by atoms with van der Waals surface area (Å²) in [4.78, 5) is 13.0. The molecule has 0 fully saturated rings. The van der Waals surface area contributed by atoms with Crippen molar-refractivity contribution < 1.29 is 14.3 Å². The fourth-order valence-electron chi connectivity index (χ4n) is 1.95. The van der Waals surface area contributed by atoms with Crippen molar-refractivity contribution in [2.24, 2.45) is 0 Å². The maximum Gasteiger partial charge on any atom is 0.234 e. The summed E-state index contributed by atoms with van der Waals surface area (Å²) in [5, 5.41) is 2.86. The van der Waals surface area contributed by atoms with E-state index in [2.05, 4.69) is 5.32 Å². The van der Waals surface area contributed by atoms with Gasteiger partial charge in [0.05, 0.1) is 5.75 Å². The normalized spacial score (nSPS) is 12.2. The predicted molar refractivity (Wildman–Crippen MR) is 83.1 cm³/mol. The first-order valence-electron chi connectivity index (χ1n) is 6.60. The molecule has 4 nitrogen and oxygen atoms in total. The van der Waals surface area contributed by atoms with E-state index in [4.69, 9.17) is 9.47 Å². The number of fused-ring (bicyclic) bond motifs is 1. The van der Waals surface area contributed by atoms with E-state index in [1.54, 1.807) is 12.1 Å². The van der Waals surface area contributed by atoms with Crippen molar-refractivity contribution in [1.29, 1.82) is 0 Å². The van der Waals surface area contributed by atoms with Gasteiger partial charge in [0.2, 0.25) is 12.7 Å². The number of ether oxygens (including phenoxy) is 2. The van der Waals surface area contributed by atoms with Crippen LogP contribution in [0.4, 0.5) is 5.69 Å². The number of benzene rings is 2. The number of hydrogen-bond donors (Lipinski definition) is 1. The van der Waals surface area contributed by atoms with Gasteiger partial charge in [0.15, 0.2) is 11.5 Å². The molecule has 108 valence electrons. The lowest BCUT2D eigenvalue weighted by Gasteiger charge is -2.06. The van der Waals surface area contributed by atoms with Crippen molar-refractivity contribution in [3.63, 3.8) is 0 Å². The highest BCUT2D eigenvalue weighted by atomic mass is 32.2. The van der Waals surface area contributed by atoms with Crippen molar-refractivity contribution in [3.8, 4) is 11.5 Å². The van der Waals surface area contributed by atoms with Crippen molar-refractivity contribution in [1.82, 2.24) is 0 Å². The number of carbonyl (C=O) groups excluding carboxylic acids is 1. The molecule has 0 aliphatic carbocycles. The van der Waals surface area contributed by atoms with Crippen LogP contribution in [0.15, 0.2) is 47.4 Å². The largest absolute Gasteiger partial charge is 0.454 e. The summed E-state index contributed by atoms with van der Waals surface area (Å²) in [6.07, 6.45) is 0. The van der Waals surface area contributed by atoms with Gasteiger partial charge in [-0.05, 0) is 31.2 Å². The number of rotatable bonds is 4. The van der Waals surface area contributed by atoms with E-state index in [-0.39, 0.29) is 12.7 Å². The van der Waals surface area contributed by atoms with Crippen LogP contribution in [0.5, 0.6) is 11.5 Å². The minimum Gasteiger partial charge on any atom is -0.454 e. The smallest absolute Gasteiger partial charge is 0.234 e. The Balaban J connectivity index is 1.55. The lowest BCUT2D eigenvalue weighted by atomic mass is 10.2. The van der Waals surface area contributed by atoms with Crippen molar-refractivity contribution in [2.45, 2.75) is 11.8 Å². The van der Waals surface area contributed by atoms with E-state index in [1.165, 1.54) is 17.3 Å². The third-order valence-electron chi connectivity index (χ3n) is 3.05. The molecular formula is C16H15NO3S. The lowest BCUT2D eigenvalue weighted by molar-refractivity contribution is -0.113. The maximum atomic E-state index is 11.9. The standard InChI is InChI=1S/C16H15NO3S/c1-11-2-5-13(6-3-11)21-9-16(18)17-12-4-7-14-15(8-12)20-10-19-14/h2-8H,9-10H2,1H3,(H,17,18). The Morgan fingerprint density at radius 1 is 1.14 bits per heavy atom. The molecular weight excluding hydrogens is 286 g/mol. The Kier molecular flexibility index (Phi) is 4.01. The van der Waals surface area contributed by atoms with E-state index in [9.17, 15) is 4.79 Å². The van der Waals surface area contributed by atoms with E-state index < -0.39 is 0 Å². The van der Waals surface area contributed by atoms with Crippen LogP contribution in [0.25, 0.3) is 0 Å². The van der Waals surface area contributed by atoms with Gasteiger partial charge in [0.25, 0.3) is 0 Å². The number of amides is 1. The fourth-order valence-corrected chi connectivity index (χ4v) is 2.65. The monoisotopic (exact) mass is 301 g/mol. The van der Waals surface area contributed by atoms with Gasteiger partial charge in [-0.2, -0.15) is 0 Å². The van der Waals surface area contributed by atoms with Crippen LogP contribution in [0.1, 0.15) is 5.56 Å². The Bertz CT molecular complexity index is 655. The van der Waals surface area contributed by atoms with Gasteiger partial charge in [0, 0.05) is 16.6 Å². The zero-order valence-electron chi connectivity index (χ0n) is 11.6. The zero-order chi connectivity index (χ0) is 14.7. The minimum atomic E-state index is -0.0422. The predicted octanol–water partition coefficient (Wildman–Crippen LogP) is 3.45. The Morgan fingerprint density at radius 3 is 2.71 bits per heavy atom. The van der Waals surface area contributed by atoms with E-state index in [0.29, 0.717) is 22.9 Å². The molecule has 1 heterocycles. The molecule has 21 heavy (non-hydrogen) atoms. The Morgan fingerprint density at radius 2 is 1.90 bits per heavy atom. The first-order valence-corrected chi connectivity index (χ1v) is 7.58. The van der Waals surface area contributed by atoms with Gasteiger partial charge in [0.1, 0.15) is 0 Å². The quantitative estimate of drug-likeness (QED) is 0.879. The van der Waals surface area contributed by atoms with Gasteiger partial charge in [-0.1, -0.05) is 17.7 Å². The second-order valence-corrected chi connectivity index (χ2v) is 5.77. The van der Waals surface area contributed by atoms with E-state index >= 15 is 0 Å². The highest BCUT2D eigenvalue weighted by Gasteiger charge is 2.14. The third-order valence-corrected chi connectivity index (χ3v) is 4.06. The molecule has 2 aromatic carbocycles. The van der Waals surface area contributed by atoms with Crippen LogP contribution in [0, 0.1) is 6.92 Å². The summed E-state index contributed by atoms with van der Waals surface area (Å²) in [7, 11) is 0. The molecule has 2 aromatic rings. The van der Waals surface area contributed by atoms with Gasteiger partial charge in [-0.3, -0.25) is 4.79 Å². The molecule has 1 amide bonds.